The van der Waals surface area contributed by atoms with Crippen molar-refractivity contribution < 1.29 is 12.8 Å². The fourth-order valence-electron chi connectivity index (χ4n) is 2.01. The summed E-state index contributed by atoms with van der Waals surface area (Å²) in [7, 11) is 1.76. The highest BCUT2D eigenvalue weighted by Gasteiger charge is 2.17. The second-order valence-electron chi connectivity index (χ2n) is 4.27. The van der Waals surface area contributed by atoms with Crippen molar-refractivity contribution in [1.29, 1.82) is 0 Å². The Balaban J connectivity index is 2.78. The molecule has 0 aliphatic rings. The zero-order valence-electron chi connectivity index (χ0n) is 16.3. The Hall–Kier alpha value is -1.63. The van der Waals surface area contributed by atoms with Crippen LogP contribution in [0.4, 0.5) is 0 Å². The standard InChI is InChI=1S/C16H20N/c1-11-9-10-15(17(5)14(11)4)16-12(2)7-6-8-13(16)3/h6-10H,1-5H3/q+1/i1D3,2D3. The van der Waals surface area contributed by atoms with Gasteiger partial charge >= 0.3 is 0 Å². The molecule has 0 amide bonds. The molecule has 0 aliphatic heterocycles. The van der Waals surface area contributed by atoms with Gasteiger partial charge in [0.1, 0.15) is 7.05 Å². The van der Waals surface area contributed by atoms with E-state index in [-0.39, 0.29) is 11.1 Å². The van der Waals surface area contributed by atoms with Gasteiger partial charge in [-0.3, -0.25) is 0 Å². The molecular weight excluding hydrogens is 206 g/mol. The fourth-order valence-corrected chi connectivity index (χ4v) is 2.01. The molecule has 0 bridgehead atoms. The van der Waals surface area contributed by atoms with Crippen molar-refractivity contribution in [3.8, 4) is 11.3 Å². The second kappa shape index (κ2) is 4.33. The van der Waals surface area contributed by atoms with Crippen LogP contribution in [0.25, 0.3) is 11.3 Å². The molecule has 0 atom stereocenters. The van der Waals surface area contributed by atoms with E-state index in [0.717, 1.165) is 5.56 Å². The number of benzene rings is 1. The van der Waals surface area contributed by atoms with E-state index < -0.39 is 13.7 Å². The van der Waals surface area contributed by atoms with Gasteiger partial charge in [-0.1, -0.05) is 18.2 Å². The highest BCUT2D eigenvalue weighted by atomic mass is 14.9. The molecule has 2 aromatic rings. The minimum Gasteiger partial charge on any atom is -0.198 e. The molecule has 0 aliphatic carbocycles. The summed E-state index contributed by atoms with van der Waals surface area (Å²) in [5.41, 5.74) is 3.31. The molecule has 1 aromatic carbocycles. The Morgan fingerprint density at radius 1 is 0.941 bits per heavy atom. The Labute approximate surface area is 112 Å². The van der Waals surface area contributed by atoms with Crippen LogP contribution in [0.5, 0.6) is 0 Å². The van der Waals surface area contributed by atoms with Crippen molar-refractivity contribution in [3.05, 3.63) is 52.7 Å². The van der Waals surface area contributed by atoms with Crippen LogP contribution in [0.3, 0.4) is 0 Å². The average Bonchev–Trinajstić information content (AvgIpc) is 2.39. The lowest BCUT2D eigenvalue weighted by atomic mass is 9.98. The van der Waals surface area contributed by atoms with Crippen molar-refractivity contribution in [3.63, 3.8) is 0 Å². The molecule has 0 saturated carbocycles. The summed E-state index contributed by atoms with van der Waals surface area (Å²) in [5, 5.41) is 0. The van der Waals surface area contributed by atoms with Crippen molar-refractivity contribution >= 4 is 0 Å². The normalized spacial score (nSPS) is 17.4. The molecule has 1 nitrogen and oxygen atoms in total. The van der Waals surface area contributed by atoms with E-state index in [1.54, 1.807) is 42.8 Å². The summed E-state index contributed by atoms with van der Waals surface area (Å²) in [6, 6.07) is 8.43. The molecule has 0 radical (unpaired) electrons. The number of aromatic nitrogens is 1. The first-order chi connectivity index (χ1) is 10.4. The molecule has 0 fully saturated rings. The van der Waals surface area contributed by atoms with Gasteiger partial charge in [0.2, 0.25) is 5.69 Å². The number of hydrogen-bond donors (Lipinski definition) is 0. The van der Waals surface area contributed by atoms with Gasteiger partial charge in [0.25, 0.3) is 0 Å². The molecular formula is C16H20N+. The minimum absolute atomic E-state index is 0.271. The van der Waals surface area contributed by atoms with Crippen LogP contribution in [0.2, 0.25) is 0 Å². The first-order valence-electron chi connectivity index (χ1n) is 8.55. The second-order valence-corrected chi connectivity index (χ2v) is 4.27. The third-order valence-electron chi connectivity index (χ3n) is 3.19. The van der Waals surface area contributed by atoms with Gasteiger partial charge in [-0.05, 0) is 37.8 Å². The van der Waals surface area contributed by atoms with E-state index >= 15 is 0 Å². The Kier molecular flexibility index (Phi) is 1.61. The van der Waals surface area contributed by atoms with Crippen molar-refractivity contribution in [2.24, 2.45) is 7.05 Å². The van der Waals surface area contributed by atoms with Crippen molar-refractivity contribution in [1.82, 2.24) is 0 Å². The van der Waals surface area contributed by atoms with Crippen molar-refractivity contribution in [2.45, 2.75) is 27.6 Å². The summed E-state index contributed by atoms with van der Waals surface area (Å²) in [6.07, 6.45) is 0. The van der Waals surface area contributed by atoms with Gasteiger partial charge < -0.3 is 0 Å². The lowest BCUT2D eigenvalue weighted by molar-refractivity contribution is -0.667. The summed E-state index contributed by atoms with van der Waals surface area (Å²) >= 11 is 0. The lowest BCUT2D eigenvalue weighted by Gasteiger charge is -2.10. The molecule has 88 valence electrons. The monoisotopic (exact) mass is 232 g/mol. The van der Waals surface area contributed by atoms with Gasteiger partial charge in [0.15, 0.2) is 5.69 Å². The molecule has 0 saturated heterocycles. The number of aryl methyl sites for hydroxylation is 3. The van der Waals surface area contributed by atoms with Crippen LogP contribution in [0.15, 0.2) is 30.3 Å². The van der Waals surface area contributed by atoms with Crippen LogP contribution in [-0.4, -0.2) is 0 Å². The highest BCUT2D eigenvalue weighted by Crippen LogP contribution is 2.24. The van der Waals surface area contributed by atoms with Gasteiger partial charge in [0, 0.05) is 26.8 Å². The van der Waals surface area contributed by atoms with E-state index in [1.165, 1.54) is 0 Å². The Bertz CT molecular complexity index is 743. The summed E-state index contributed by atoms with van der Waals surface area (Å²) in [4.78, 5) is 0. The molecule has 0 N–H and O–H groups in total. The number of hydrogen-bond acceptors (Lipinski definition) is 0. The first-order valence-corrected chi connectivity index (χ1v) is 5.55. The summed E-state index contributed by atoms with van der Waals surface area (Å²) in [5.74, 6) is 0. The largest absolute Gasteiger partial charge is 0.213 e. The zero-order valence-corrected chi connectivity index (χ0v) is 10.3. The van der Waals surface area contributed by atoms with E-state index in [9.17, 15) is 0 Å². The quantitative estimate of drug-likeness (QED) is 0.663. The molecule has 1 aromatic heterocycles. The van der Waals surface area contributed by atoms with Crippen LogP contribution in [-0.2, 0) is 7.05 Å². The third kappa shape index (κ3) is 1.97. The first kappa shape index (κ1) is 6.34. The predicted octanol–water partition coefficient (Wildman–Crippen LogP) is 3.41. The van der Waals surface area contributed by atoms with Crippen LogP contribution >= 0.6 is 0 Å². The molecule has 17 heavy (non-hydrogen) atoms. The van der Waals surface area contributed by atoms with Crippen molar-refractivity contribution in [2.75, 3.05) is 0 Å². The highest BCUT2D eigenvalue weighted by molar-refractivity contribution is 5.65. The lowest BCUT2D eigenvalue weighted by Crippen LogP contribution is -2.35. The number of pyridine rings is 1. The van der Waals surface area contributed by atoms with Gasteiger partial charge in [-0.25, -0.2) is 0 Å². The average molecular weight is 232 g/mol. The minimum atomic E-state index is -2.23. The molecule has 1 heteroatoms. The van der Waals surface area contributed by atoms with E-state index in [0.29, 0.717) is 17.0 Å². The van der Waals surface area contributed by atoms with Gasteiger partial charge in [0.05, 0.1) is 5.56 Å². The fraction of sp³-hybridized carbons (Fsp3) is 0.312. The smallest absolute Gasteiger partial charge is 0.198 e. The van der Waals surface area contributed by atoms with E-state index in [1.807, 2.05) is 13.0 Å². The summed E-state index contributed by atoms with van der Waals surface area (Å²) < 4.78 is 47.8. The summed E-state index contributed by atoms with van der Waals surface area (Å²) in [6.45, 7) is -0.833. The maximum absolute atomic E-state index is 7.76. The number of nitrogens with zero attached hydrogens (tertiary/aromatic N) is 1. The molecule has 0 unspecified atom stereocenters. The Morgan fingerprint density at radius 2 is 1.65 bits per heavy atom. The predicted molar refractivity (Wildman–Crippen MR) is 72.0 cm³/mol. The van der Waals surface area contributed by atoms with Crippen LogP contribution in [0.1, 0.15) is 30.6 Å². The van der Waals surface area contributed by atoms with Crippen LogP contribution in [0, 0.1) is 27.6 Å². The SMILES string of the molecule is [2H]C([2H])([2H])c1cccc(C)c1-c1ccc(C([2H])([2H])[2H])c(C)[n+]1C. The zero-order chi connectivity index (χ0) is 17.6. The maximum atomic E-state index is 7.76. The maximum Gasteiger partial charge on any atom is 0.213 e. The van der Waals surface area contributed by atoms with Gasteiger partial charge in [-0.2, -0.15) is 4.57 Å². The van der Waals surface area contributed by atoms with Crippen LogP contribution < -0.4 is 4.57 Å². The molecule has 1 heterocycles. The molecule has 0 spiro atoms. The van der Waals surface area contributed by atoms with E-state index in [2.05, 4.69) is 0 Å². The Morgan fingerprint density at radius 3 is 2.35 bits per heavy atom. The molecule has 2 rings (SSSR count). The number of rotatable bonds is 1. The van der Waals surface area contributed by atoms with E-state index in [4.69, 9.17) is 8.22 Å². The topological polar surface area (TPSA) is 3.88 Å². The third-order valence-corrected chi connectivity index (χ3v) is 3.19. The van der Waals surface area contributed by atoms with Gasteiger partial charge in [-0.15, -0.1) is 0 Å².